The standard InChI is InChI=1S/C22H19FN2O3/c1-15-5-4-6-18(13-15)28-20-8-3-2-7-19(20)25-22(27)21(26)24-14-16-9-11-17(23)12-10-16/h2-13H,14H2,1H3,(H,24,26)(H,25,27). The molecular formula is C22H19FN2O3. The number of halogens is 1. The van der Waals surface area contributed by atoms with Gasteiger partial charge in [-0.1, -0.05) is 36.4 Å². The van der Waals surface area contributed by atoms with Crippen molar-refractivity contribution in [3.63, 3.8) is 0 Å². The fraction of sp³-hybridized carbons (Fsp3) is 0.0909. The third kappa shape index (κ3) is 5.17. The van der Waals surface area contributed by atoms with Crippen LogP contribution in [0.5, 0.6) is 11.5 Å². The first kappa shape index (κ1) is 19.1. The molecule has 0 aliphatic rings. The minimum Gasteiger partial charge on any atom is -0.455 e. The van der Waals surface area contributed by atoms with Crippen molar-refractivity contribution in [2.24, 2.45) is 0 Å². The molecule has 0 spiro atoms. The van der Waals surface area contributed by atoms with Crippen molar-refractivity contribution in [3.05, 3.63) is 89.7 Å². The average Bonchev–Trinajstić information content (AvgIpc) is 2.69. The molecule has 2 amide bonds. The van der Waals surface area contributed by atoms with Gasteiger partial charge in [0.1, 0.15) is 11.6 Å². The highest BCUT2D eigenvalue weighted by Crippen LogP contribution is 2.29. The van der Waals surface area contributed by atoms with Crippen LogP contribution in [0.1, 0.15) is 11.1 Å². The van der Waals surface area contributed by atoms with Crippen molar-refractivity contribution in [3.8, 4) is 11.5 Å². The second-order valence-electron chi connectivity index (χ2n) is 6.18. The highest BCUT2D eigenvalue weighted by Gasteiger charge is 2.16. The molecule has 0 radical (unpaired) electrons. The van der Waals surface area contributed by atoms with Crippen LogP contribution in [-0.2, 0) is 16.1 Å². The maximum atomic E-state index is 12.9. The second kappa shape index (κ2) is 8.81. The van der Waals surface area contributed by atoms with Crippen molar-refractivity contribution >= 4 is 17.5 Å². The summed E-state index contributed by atoms with van der Waals surface area (Å²) >= 11 is 0. The Labute approximate surface area is 162 Å². The lowest BCUT2D eigenvalue weighted by atomic mass is 10.2. The number of nitrogens with one attached hydrogen (secondary N) is 2. The molecule has 0 bridgehead atoms. The van der Waals surface area contributed by atoms with E-state index in [2.05, 4.69) is 10.6 Å². The molecule has 0 fully saturated rings. The van der Waals surface area contributed by atoms with Gasteiger partial charge in [-0.3, -0.25) is 9.59 Å². The van der Waals surface area contributed by atoms with Crippen LogP contribution in [0, 0.1) is 12.7 Å². The van der Waals surface area contributed by atoms with E-state index in [0.29, 0.717) is 22.7 Å². The summed E-state index contributed by atoms with van der Waals surface area (Å²) in [5, 5.41) is 5.06. The minimum absolute atomic E-state index is 0.119. The third-order valence-corrected chi connectivity index (χ3v) is 3.93. The van der Waals surface area contributed by atoms with Crippen LogP contribution in [0.25, 0.3) is 0 Å². The lowest BCUT2D eigenvalue weighted by Crippen LogP contribution is -2.35. The first-order valence-electron chi connectivity index (χ1n) is 8.68. The van der Waals surface area contributed by atoms with Gasteiger partial charge in [-0.15, -0.1) is 0 Å². The number of ether oxygens (including phenoxy) is 1. The minimum atomic E-state index is -0.817. The SMILES string of the molecule is Cc1cccc(Oc2ccccc2NC(=O)C(=O)NCc2ccc(F)cc2)c1. The molecular weight excluding hydrogens is 359 g/mol. The van der Waals surface area contributed by atoms with E-state index < -0.39 is 11.8 Å². The quantitative estimate of drug-likeness (QED) is 0.655. The zero-order valence-electron chi connectivity index (χ0n) is 15.2. The van der Waals surface area contributed by atoms with Gasteiger partial charge in [-0.2, -0.15) is 0 Å². The summed E-state index contributed by atoms with van der Waals surface area (Å²) in [5.41, 5.74) is 2.11. The number of benzene rings is 3. The van der Waals surface area contributed by atoms with Gasteiger partial charge in [0, 0.05) is 6.54 Å². The predicted molar refractivity (Wildman–Crippen MR) is 105 cm³/mol. The fourth-order valence-corrected chi connectivity index (χ4v) is 2.51. The van der Waals surface area contributed by atoms with Crippen LogP contribution >= 0.6 is 0 Å². The molecule has 6 heteroatoms. The van der Waals surface area contributed by atoms with E-state index in [1.807, 2.05) is 25.1 Å². The fourth-order valence-electron chi connectivity index (χ4n) is 2.51. The first-order chi connectivity index (χ1) is 13.5. The van der Waals surface area contributed by atoms with Crippen LogP contribution < -0.4 is 15.4 Å². The number of hydrogen-bond donors (Lipinski definition) is 2. The lowest BCUT2D eigenvalue weighted by Gasteiger charge is -2.12. The van der Waals surface area contributed by atoms with E-state index in [0.717, 1.165) is 5.56 Å². The second-order valence-corrected chi connectivity index (χ2v) is 6.18. The summed E-state index contributed by atoms with van der Waals surface area (Å²) in [4.78, 5) is 24.3. The predicted octanol–water partition coefficient (Wildman–Crippen LogP) is 4.18. The van der Waals surface area contributed by atoms with Crippen LogP contribution in [-0.4, -0.2) is 11.8 Å². The summed E-state index contributed by atoms with van der Waals surface area (Å²) in [5.74, 6) is -0.926. The molecule has 0 aliphatic carbocycles. The Balaban J connectivity index is 1.63. The summed E-state index contributed by atoms with van der Waals surface area (Å²) < 4.78 is 18.7. The van der Waals surface area contributed by atoms with Gasteiger partial charge in [0.05, 0.1) is 5.69 Å². The van der Waals surface area contributed by atoms with Crippen molar-refractivity contribution in [1.82, 2.24) is 5.32 Å². The van der Waals surface area contributed by atoms with Crippen LogP contribution in [0.3, 0.4) is 0 Å². The molecule has 142 valence electrons. The average molecular weight is 378 g/mol. The normalized spacial score (nSPS) is 10.2. The lowest BCUT2D eigenvalue weighted by molar-refractivity contribution is -0.136. The van der Waals surface area contributed by atoms with Gasteiger partial charge in [0.2, 0.25) is 0 Å². The summed E-state index contributed by atoms with van der Waals surface area (Å²) in [7, 11) is 0. The Kier molecular flexibility index (Phi) is 6.01. The summed E-state index contributed by atoms with van der Waals surface area (Å²) in [6, 6.07) is 20.0. The molecule has 0 aromatic heterocycles. The van der Waals surface area contributed by atoms with E-state index in [9.17, 15) is 14.0 Å². The van der Waals surface area contributed by atoms with E-state index in [4.69, 9.17) is 4.74 Å². The zero-order valence-corrected chi connectivity index (χ0v) is 15.2. The summed E-state index contributed by atoms with van der Waals surface area (Å²) in [6.07, 6.45) is 0. The molecule has 0 aliphatic heterocycles. The molecule has 0 atom stereocenters. The molecule has 3 rings (SSSR count). The Morgan fingerprint density at radius 2 is 1.68 bits per heavy atom. The van der Waals surface area contributed by atoms with Crippen molar-refractivity contribution < 1.29 is 18.7 Å². The van der Waals surface area contributed by atoms with Gasteiger partial charge < -0.3 is 15.4 Å². The Hall–Kier alpha value is -3.67. The van der Waals surface area contributed by atoms with Crippen molar-refractivity contribution in [2.75, 3.05) is 5.32 Å². The van der Waals surface area contributed by atoms with E-state index in [-0.39, 0.29) is 12.4 Å². The van der Waals surface area contributed by atoms with E-state index in [1.165, 1.54) is 12.1 Å². The number of amides is 2. The third-order valence-electron chi connectivity index (χ3n) is 3.93. The molecule has 0 saturated heterocycles. The maximum absolute atomic E-state index is 12.9. The van der Waals surface area contributed by atoms with Crippen molar-refractivity contribution in [2.45, 2.75) is 13.5 Å². The largest absolute Gasteiger partial charge is 0.455 e. The summed E-state index contributed by atoms with van der Waals surface area (Å²) in [6.45, 7) is 2.07. The number of carbonyl (C=O) groups excluding carboxylic acids is 2. The van der Waals surface area contributed by atoms with E-state index in [1.54, 1.807) is 42.5 Å². The molecule has 3 aromatic rings. The number of aryl methyl sites for hydroxylation is 1. The number of rotatable bonds is 5. The zero-order chi connectivity index (χ0) is 19.9. The Bertz CT molecular complexity index is 987. The van der Waals surface area contributed by atoms with Crippen LogP contribution in [0.2, 0.25) is 0 Å². The highest BCUT2D eigenvalue weighted by molar-refractivity contribution is 6.39. The van der Waals surface area contributed by atoms with E-state index >= 15 is 0 Å². The topological polar surface area (TPSA) is 67.4 Å². The Morgan fingerprint density at radius 3 is 2.43 bits per heavy atom. The highest BCUT2D eigenvalue weighted by atomic mass is 19.1. The van der Waals surface area contributed by atoms with Gasteiger partial charge in [-0.25, -0.2) is 4.39 Å². The number of para-hydroxylation sites is 2. The van der Waals surface area contributed by atoms with Gasteiger partial charge in [0.15, 0.2) is 5.75 Å². The molecule has 2 N–H and O–H groups in total. The Morgan fingerprint density at radius 1 is 0.929 bits per heavy atom. The number of hydrogen-bond acceptors (Lipinski definition) is 3. The molecule has 3 aromatic carbocycles. The number of carbonyl (C=O) groups is 2. The van der Waals surface area contributed by atoms with Crippen LogP contribution in [0.15, 0.2) is 72.8 Å². The van der Waals surface area contributed by atoms with Gasteiger partial charge >= 0.3 is 11.8 Å². The number of anilines is 1. The molecule has 0 heterocycles. The van der Waals surface area contributed by atoms with Gasteiger partial charge in [-0.05, 0) is 54.4 Å². The monoisotopic (exact) mass is 378 g/mol. The molecule has 28 heavy (non-hydrogen) atoms. The maximum Gasteiger partial charge on any atom is 0.313 e. The van der Waals surface area contributed by atoms with Crippen LogP contribution in [0.4, 0.5) is 10.1 Å². The van der Waals surface area contributed by atoms with Gasteiger partial charge in [0.25, 0.3) is 0 Å². The molecule has 0 saturated carbocycles. The first-order valence-corrected chi connectivity index (χ1v) is 8.68. The molecule has 0 unspecified atom stereocenters. The smallest absolute Gasteiger partial charge is 0.313 e. The van der Waals surface area contributed by atoms with Crippen molar-refractivity contribution in [1.29, 1.82) is 0 Å². The molecule has 5 nitrogen and oxygen atoms in total.